The molecule has 4 rings (SSSR count). The van der Waals surface area contributed by atoms with E-state index in [1.54, 1.807) is 0 Å². The summed E-state index contributed by atoms with van der Waals surface area (Å²) in [5.74, 6) is 0.118. The van der Waals surface area contributed by atoms with Gasteiger partial charge in [-0.25, -0.2) is 0 Å². The topological polar surface area (TPSA) is 23.6 Å². The fourth-order valence-electron chi connectivity index (χ4n) is 3.68. The van der Waals surface area contributed by atoms with Crippen molar-refractivity contribution in [1.29, 1.82) is 0 Å². The summed E-state index contributed by atoms with van der Waals surface area (Å²) >= 11 is 8.44. The zero-order valence-electron chi connectivity index (χ0n) is 15.2. The van der Waals surface area contributed by atoms with Gasteiger partial charge in [0.1, 0.15) is 0 Å². The van der Waals surface area contributed by atoms with Gasteiger partial charge in [-0.3, -0.25) is 9.69 Å². The summed E-state index contributed by atoms with van der Waals surface area (Å²) in [5, 5.41) is 0. The van der Waals surface area contributed by atoms with Crippen molar-refractivity contribution in [2.75, 3.05) is 26.2 Å². The normalized spacial score (nSPS) is 15.2. The number of piperazine rings is 1. The van der Waals surface area contributed by atoms with Crippen LogP contribution in [0.15, 0.2) is 75.0 Å². The third-order valence-corrected chi connectivity index (χ3v) is 8.30. The molecule has 28 heavy (non-hydrogen) atoms. The molecule has 2 aromatic carbocycles. The third-order valence-electron chi connectivity index (χ3n) is 5.05. The molecule has 2 heterocycles. The van der Waals surface area contributed by atoms with Gasteiger partial charge in [-0.05, 0) is 49.1 Å². The van der Waals surface area contributed by atoms with E-state index in [1.807, 2.05) is 11.0 Å². The van der Waals surface area contributed by atoms with Crippen LogP contribution in [0.2, 0.25) is 0 Å². The van der Waals surface area contributed by atoms with Gasteiger partial charge in [0.25, 0.3) is 5.91 Å². The van der Waals surface area contributed by atoms with E-state index in [0.29, 0.717) is 0 Å². The lowest BCUT2D eigenvalue weighted by Gasteiger charge is -2.39. The Hall–Kier alpha value is -1.47. The fourth-order valence-corrected chi connectivity index (χ4v) is 5.68. The Morgan fingerprint density at radius 2 is 1.39 bits per heavy atom. The van der Waals surface area contributed by atoms with Gasteiger partial charge in [-0.1, -0.05) is 60.7 Å². The first kappa shape index (κ1) is 19.8. The van der Waals surface area contributed by atoms with Crippen molar-refractivity contribution in [1.82, 2.24) is 9.80 Å². The van der Waals surface area contributed by atoms with Crippen LogP contribution in [0.3, 0.4) is 0 Å². The monoisotopic (exact) mass is 518 g/mol. The van der Waals surface area contributed by atoms with Crippen LogP contribution in [0.5, 0.6) is 0 Å². The van der Waals surface area contributed by atoms with Crippen LogP contribution in [0, 0.1) is 0 Å². The van der Waals surface area contributed by atoms with E-state index in [1.165, 1.54) is 22.5 Å². The summed E-state index contributed by atoms with van der Waals surface area (Å²) < 4.78 is 1.90. The number of carbonyl (C=O) groups is 1. The predicted octanol–water partition coefficient (Wildman–Crippen LogP) is 5.82. The second-order valence-corrected chi connectivity index (χ2v) is 10.0. The molecule has 3 nitrogen and oxygen atoms in total. The van der Waals surface area contributed by atoms with Crippen molar-refractivity contribution in [3.8, 4) is 0 Å². The molecule has 0 aliphatic carbocycles. The van der Waals surface area contributed by atoms with Crippen molar-refractivity contribution >= 4 is 49.1 Å². The predicted molar refractivity (Wildman–Crippen MR) is 122 cm³/mol. The molecule has 1 aliphatic heterocycles. The SMILES string of the molecule is O=C(c1cc(Br)c(Br)s1)N1CCN(C(c2ccccc2)c2ccccc2)CC1. The van der Waals surface area contributed by atoms with E-state index in [0.717, 1.165) is 39.3 Å². The fraction of sp³-hybridized carbons (Fsp3) is 0.227. The molecule has 0 saturated carbocycles. The number of carbonyl (C=O) groups excluding carboxylic acids is 1. The Bertz CT molecular complexity index is 879. The van der Waals surface area contributed by atoms with Gasteiger partial charge < -0.3 is 4.90 Å². The number of hydrogen-bond donors (Lipinski definition) is 0. The van der Waals surface area contributed by atoms with Crippen molar-refractivity contribution in [2.24, 2.45) is 0 Å². The zero-order valence-corrected chi connectivity index (χ0v) is 19.2. The first-order chi connectivity index (χ1) is 13.6. The molecule has 1 aromatic heterocycles. The van der Waals surface area contributed by atoms with Crippen molar-refractivity contribution in [3.05, 3.63) is 91.0 Å². The molecule has 1 amide bonds. The lowest BCUT2D eigenvalue weighted by molar-refractivity contribution is 0.0602. The van der Waals surface area contributed by atoms with Crippen molar-refractivity contribution in [2.45, 2.75) is 6.04 Å². The number of hydrogen-bond acceptors (Lipinski definition) is 3. The Kier molecular flexibility index (Phi) is 6.31. The van der Waals surface area contributed by atoms with E-state index in [-0.39, 0.29) is 11.9 Å². The lowest BCUT2D eigenvalue weighted by atomic mass is 9.96. The molecule has 1 aliphatic rings. The molecule has 1 fully saturated rings. The second kappa shape index (κ2) is 8.91. The average Bonchev–Trinajstić information content (AvgIpc) is 3.08. The van der Waals surface area contributed by atoms with Crippen LogP contribution in [-0.2, 0) is 0 Å². The van der Waals surface area contributed by atoms with Crippen LogP contribution >= 0.6 is 43.2 Å². The maximum Gasteiger partial charge on any atom is 0.264 e. The van der Waals surface area contributed by atoms with E-state index in [2.05, 4.69) is 97.4 Å². The molecule has 6 heteroatoms. The summed E-state index contributed by atoms with van der Waals surface area (Å²) in [6.45, 7) is 3.19. The van der Waals surface area contributed by atoms with Gasteiger partial charge in [-0.15, -0.1) is 11.3 Å². The van der Waals surface area contributed by atoms with Crippen LogP contribution in [0.25, 0.3) is 0 Å². The zero-order chi connectivity index (χ0) is 19.5. The largest absolute Gasteiger partial charge is 0.335 e. The molecule has 0 radical (unpaired) electrons. The Morgan fingerprint density at radius 1 is 0.857 bits per heavy atom. The Balaban J connectivity index is 1.51. The second-order valence-electron chi connectivity index (χ2n) is 6.78. The van der Waals surface area contributed by atoms with E-state index < -0.39 is 0 Å². The number of thiophene rings is 1. The molecule has 0 atom stereocenters. The van der Waals surface area contributed by atoms with E-state index in [9.17, 15) is 4.79 Å². The molecule has 3 aromatic rings. The highest BCUT2D eigenvalue weighted by atomic mass is 79.9. The molecular weight excluding hydrogens is 500 g/mol. The summed E-state index contributed by atoms with van der Waals surface area (Å²) in [4.78, 5) is 18.1. The van der Waals surface area contributed by atoms with E-state index in [4.69, 9.17) is 0 Å². The van der Waals surface area contributed by atoms with Gasteiger partial charge >= 0.3 is 0 Å². The van der Waals surface area contributed by atoms with Gasteiger partial charge in [0.15, 0.2) is 0 Å². The minimum absolute atomic E-state index is 0.118. The quantitative estimate of drug-likeness (QED) is 0.433. The maximum atomic E-state index is 12.9. The molecule has 0 spiro atoms. The molecule has 0 unspecified atom stereocenters. The van der Waals surface area contributed by atoms with Crippen LogP contribution in [0.1, 0.15) is 26.8 Å². The van der Waals surface area contributed by atoms with E-state index >= 15 is 0 Å². The van der Waals surface area contributed by atoms with Gasteiger partial charge in [-0.2, -0.15) is 0 Å². The number of halogens is 2. The van der Waals surface area contributed by atoms with Crippen molar-refractivity contribution in [3.63, 3.8) is 0 Å². The van der Waals surface area contributed by atoms with Crippen molar-refractivity contribution < 1.29 is 4.79 Å². The molecule has 0 bridgehead atoms. The highest BCUT2D eigenvalue weighted by Crippen LogP contribution is 2.34. The molecule has 1 saturated heterocycles. The smallest absolute Gasteiger partial charge is 0.264 e. The minimum atomic E-state index is 0.118. The lowest BCUT2D eigenvalue weighted by Crippen LogP contribution is -2.49. The third kappa shape index (κ3) is 4.25. The van der Waals surface area contributed by atoms with Crippen LogP contribution < -0.4 is 0 Å². The average molecular weight is 520 g/mol. The van der Waals surface area contributed by atoms with Gasteiger partial charge in [0.05, 0.1) is 14.7 Å². The summed E-state index contributed by atoms with van der Waals surface area (Å²) in [5.41, 5.74) is 2.58. The number of rotatable bonds is 4. The molecular formula is C22H20Br2N2OS. The highest BCUT2D eigenvalue weighted by molar-refractivity contribution is 9.13. The standard InChI is InChI=1S/C22H20Br2N2OS/c23-18-15-19(28-21(18)24)22(27)26-13-11-25(12-14-26)20(16-7-3-1-4-8-16)17-9-5-2-6-10-17/h1-10,15,20H,11-14H2. The number of benzene rings is 2. The first-order valence-electron chi connectivity index (χ1n) is 9.21. The number of nitrogens with zero attached hydrogens (tertiary/aromatic N) is 2. The number of amides is 1. The van der Waals surface area contributed by atoms with Crippen LogP contribution in [0.4, 0.5) is 0 Å². The minimum Gasteiger partial charge on any atom is -0.335 e. The first-order valence-corrected chi connectivity index (χ1v) is 11.6. The Morgan fingerprint density at radius 3 is 1.86 bits per heavy atom. The summed E-state index contributed by atoms with van der Waals surface area (Å²) in [6, 6.07) is 23.4. The summed E-state index contributed by atoms with van der Waals surface area (Å²) in [7, 11) is 0. The summed E-state index contributed by atoms with van der Waals surface area (Å²) in [6.07, 6.45) is 0. The van der Waals surface area contributed by atoms with Gasteiger partial charge in [0, 0.05) is 30.7 Å². The molecule has 144 valence electrons. The maximum absolute atomic E-state index is 12.9. The molecule has 0 N–H and O–H groups in total. The highest BCUT2D eigenvalue weighted by Gasteiger charge is 2.29. The Labute approximate surface area is 186 Å². The van der Waals surface area contributed by atoms with Crippen LogP contribution in [-0.4, -0.2) is 41.9 Å². The van der Waals surface area contributed by atoms with Gasteiger partial charge in [0.2, 0.25) is 0 Å².